The second kappa shape index (κ2) is 9.39. The number of nitrogens with one attached hydrogen (secondary N) is 2. The maximum Gasteiger partial charge on any atom is 0.315 e. The minimum absolute atomic E-state index is 0.136. The molecule has 1 atom stereocenters. The second-order valence-electron chi connectivity index (χ2n) is 6.49. The number of carbonyl (C=O) groups excluding carboxylic acids is 2. The lowest BCUT2D eigenvalue weighted by Gasteiger charge is -2.26. The van der Waals surface area contributed by atoms with Gasteiger partial charge in [-0.2, -0.15) is 0 Å². The number of ether oxygens (including phenoxy) is 1. The maximum atomic E-state index is 11.9. The zero-order valence-corrected chi connectivity index (χ0v) is 15.2. The van der Waals surface area contributed by atoms with Crippen molar-refractivity contribution >= 4 is 11.9 Å². The molecule has 0 saturated carbocycles. The first-order valence-corrected chi connectivity index (χ1v) is 8.59. The number of hydrogen-bond donors (Lipinski definition) is 2. The number of rotatable bonds is 6. The van der Waals surface area contributed by atoms with E-state index in [1.807, 2.05) is 12.1 Å². The summed E-state index contributed by atoms with van der Waals surface area (Å²) < 4.78 is 5.37. The Labute approximate surface area is 149 Å². The summed E-state index contributed by atoms with van der Waals surface area (Å²) in [6, 6.07) is 7.28. The summed E-state index contributed by atoms with van der Waals surface area (Å²) in [5.41, 5.74) is 2.25. The standard InChI is InChI=1S/C18H28N4O3/c1-14(17(23)21(2)3)20-18(24)19-12-15-5-4-6-16(11-15)13-22-7-9-25-10-8-22/h4-6,11,14H,7-10,12-13H2,1-3H3,(H2,19,20,24)/t14-/m0/s1. The van der Waals surface area contributed by atoms with E-state index < -0.39 is 6.04 Å². The molecule has 138 valence electrons. The minimum atomic E-state index is -0.553. The molecule has 3 amide bonds. The Hall–Kier alpha value is -2.12. The van der Waals surface area contributed by atoms with Crippen LogP contribution < -0.4 is 10.6 Å². The minimum Gasteiger partial charge on any atom is -0.379 e. The van der Waals surface area contributed by atoms with Crippen LogP contribution in [0.1, 0.15) is 18.1 Å². The third-order valence-corrected chi connectivity index (χ3v) is 4.11. The molecule has 1 heterocycles. The second-order valence-corrected chi connectivity index (χ2v) is 6.49. The highest BCUT2D eigenvalue weighted by Crippen LogP contribution is 2.10. The van der Waals surface area contributed by atoms with Crippen molar-refractivity contribution in [2.45, 2.75) is 26.1 Å². The van der Waals surface area contributed by atoms with E-state index in [1.165, 1.54) is 10.5 Å². The molecule has 1 aromatic rings. The van der Waals surface area contributed by atoms with E-state index in [9.17, 15) is 9.59 Å². The van der Waals surface area contributed by atoms with Crippen LogP contribution in [0.25, 0.3) is 0 Å². The lowest BCUT2D eigenvalue weighted by Crippen LogP contribution is -2.47. The van der Waals surface area contributed by atoms with E-state index in [2.05, 4.69) is 27.7 Å². The fourth-order valence-electron chi connectivity index (χ4n) is 2.73. The fraction of sp³-hybridized carbons (Fsp3) is 0.556. The molecular weight excluding hydrogens is 320 g/mol. The van der Waals surface area contributed by atoms with Gasteiger partial charge in [0.15, 0.2) is 0 Å². The van der Waals surface area contributed by atoms with Gasteiger partial charge in [-0.05, 0) is 18.1 Å². The molecule has 7 heteroatoms. The molecule has 2 N–H and O–H groups in total. The molecule has 1 aromatic carbocycles. The number of morpholine rings is 1. The van der Waals surface area contributed by atoms with Gasteiger partial charge >= 0.3 is 6.03 Å². The SMILES string of the molecule is C[C@H](NC(=O)NCc1cccc(CN2CCOCC2)c1)C(=O)N(C)C. The van der Waals surface area contributed by atoms with Crippen molar-refractivity contribution in [2.75, 3.05) is 40.4 Å². The highest BCUT2D eigenvalue weighted by molar-refractivity contribution is 5.86. The summed E-state index contributed by atoms with van der Waals surface area (Å²) in [5.74, 6) is -0.136. The summed E-state index contributed by atoms with van der Waals surface area (Å²) >= 11 is 0. The molecule has 1 aliphatic rings. The Morgan fingerprint density at radius 1 is 1.24 bits per heavy atom. The molecule has 2 rings (SSSR count). The highest BCUT2D eigenvalue weighted by atomic mass is 16.5. The van der Waals surface area contributed by atoms with Gasteiger partial charge in [0.1, 0.15) is 6.04 Å². The Morgan fingerprint density at radius 2 is 1.92 bits per heavy atom. The van der Waals surface area contributed by atoms with Gasteiger partial charge in [0, 0.05) is 40.3 Å². The molecule has 0 radical (unpaired) electrons. The van der Waals surface area contributed by atoms with Crippen molar-refractivity contribution in [2.24, 2.45) is 0 Å². The summed E-state index contributed by atoms with van der Waals surface area (Å²) in [6.45, 7) is 6.44. The van der Waals surface area contributed by atoms with Crippen LogP contribution in [-0.2, 0) is 22.6 Å². The lowest BCUT2D eigenvalue weighted by atomic mass is 10.1. The smallest absolute Gasteiger partial charge is 0.315 e. The molecule has 0 aliphatic carbocycles. The van der Waals surface area contributed by atoms with Crippen LogP contribution in [-0.4, -0.2) is 68.2 Å². The normalized spacial score (nSPS) is 16.1. The molecule has 0 unspecified atom stereocenters. The highest BCUT2D eigenvalue weighted by Gasteiger charge is 2.16. The van der Waals surface area contributed by atoms with Gasteiger partial charge in [0.25, 0.3) is 0 Å². The topological polar surface area (TPSA) is 73.9 Å². The van der Waals surface area contributed by atoms with Gasteiger partial charge in [-0.25, -0.2) is 4.79 Å². The van der Waals surface area contributed by atoms with Crippen molar-refractivity contribution < 1.29 is 14.3 Å². The zero-order valence-electron chi connectivity index (χ0n) is 15.2. The quantitative estimate of drug-likeness (QED) is 0.797. The van der Waals surface area contributed by atoms with Crippen molar-refractivity contribution in [1.29, 1.82) is 0 Å². The number of amides is 3. The first-order valence-electron chi connectivity index (χ1n) is 8.59. The number of hydrogen-bond acceptors (Lipinski definition) is 4. The Morgan fingerprint density at radius 3 is 2.60 bits per heavy atom. The van der Waals surface area contributed by atoms with Gasteiger partial charge in [0.2, 0.25) is 5.91 Å². The molecule has 25 heavy (non-hydrogen) atoms. The monoisotopic (exact) mass is 348 g/mol. The van der Waals surface area contributed by atoms with Gasteiger partial charge in [-0.3, -0.25) is 9.69 Å². The van der Waals surface area contributed by atoms with Gasteiger partial charge in [-0.1, -0.05) is 24.3 Å². The maximum absolute atomic E-state index is 11.9. The first kappa shape index (κ1) is 19.2. The lowest BCUT2D eigenvalue weighted by molar-refractivity contribution is -0.130. The molecule has 7 nitrogen and oxygen atoms in total. The molecule has 0 aromatic heterocycles. The van der Waals surface area contributed by atoms with Crippen molar-refractivity contribution in [3.63, 3.8) is 0 Å². The van der Waals surface area contributed by atoms with Crippen LogP contribution in [0.3, 0.4) is 0 Å². The number of carbonyl (C=O) groups is 2. The van der Waals surface area contributed by atoms with E-state index in [0.717, 1.165) is 38.4 Å². The number of likely N-dealkylation sites (N-methyl/N-ethyl adjacent to an activating group) is 1. The predicted octanol–water partition coefficient (Wildman–Crippen LogP) is 0.795. The Kier molecular flexibility index (Phi) is 7.21. The van der Waals surface area contributed by atoms with Gasteiger partial charge in [0.05, 0.1) is 13.2 Å². The Bertz CT molecular complexity index is 585. The fourth-order valence-corrected chi connectivity index (χ4v) is 2.73. The van der Waals surface area contributed by atoms with Crippen LogP contribution in [0, 0.1) is 0 Å². The van der Waals surface area contributed by atoms with Crippen LogP contribution in [0.5, 0.6) is 0 Å². The number of urea groups is 1. The molecule has 0 spiro atoms. The van der Waals surface area contributed by atoms with Crippen LogP contribution in [0.2, 0.25) is 0 Å². The van der Waals surface area contributed by atoms with Crippen LogP contribution >= 0.6 is 0 Å². The van der Waals surface area contributed by atoms with E-state index >= 15 is 0 Å². The Balaban J connectivity index is 1.81. The van der Waals surface area contributed by atoms with Gasteiger partial charge in [-0.15, -0.1) is 0 Å². The van der Waals surface area contributed by atoms with Crippen molar-refractivity contribution in [3.05, 3.63) is 35.4 Å². The third-order valence-electron chi connectivity index (χ3n) is 4.11. The van der Waals surface area contributed by atoms with Crippen LogP contribution in [0.15, 0.2) is 24.3 Å². The number of nitrogens with zero attached hydrogens (tertiary/aromatic N) is 2. The van der Waals surface area contributed by atoms with Gasteiger partial charge < -0.3 is 20.3 Å². The average Bonchev–Trinajstić information content (AvgIpc) is 2.60. The first-order chi connectivity index (χ1) is 12.0. The summed E-state index contributed by atoms with van der Waals surface area (Å²) in [6.07, 6.45) is 0. The average molecular weight is 348 g/mol. The summed E-state index contributed by atoms with van der Waals surface area (Å²) in [7, 11) is 3.33. The van der Waals surface area contributed by atoms with E-state index in [0.29, 0.717) is 6.54 Å². The van der Waals surface area contributed by atoms with E-state index in [-0.39, 0.29) is 11.9 Å². The van der Waals surface area contributed by atoms with E-state index in [4.69, 9.17) is 4.74 Å². The molecular formula is C18H28N4O3. The van der Waals surface area contributed by atoms with Crippen LogP contribution in [0.4, 0.5) is 4.79 Å². The van der Waals surface area contributed by atoms with E-state index in [1.54, 1.807) is 21.0 Å². The largest absolute Gasteiger partial charge is 0.379 e. The van der Waals surface area contributed by atoms with Crippen molar-refractivity contribution in [1.82, 2.24) is 20.4 Å². The molecule has 1 aliphatic heterocycles. The predicted molar refractivity (Wildman–Crippen MR) is 96.1 cm³/mol. The summed E-state index contributed by atoms with van der Waals surface area (Å²) in [4.78, 5) is 27.5. The number of benzene rings is 1. The third kappa shape index (κ3) is 6.36. The summed E-state index contributed by atoms with van der Waals surface area (Å²) in [5, 5.41) is 5.45. The van der Waals surface area contributed by atoms with Crippen molar-refractivity contribution in [3.8, 4) is 0 Å². The zero-order chi connectivity index (χ0) is 18.2. The molecule has 1 fully saturated rings. The molecule has 0 bridgehead atoms. The molecule has 1 saturated heterocycles.